The molecule has 1 unspecified atom stereocenters. The van der Waals surface area contributed by atoms with E-state index in [2.05, 4.69) is 11.7 Å². The Morgan fingerprint density at radius 3 is 1.95 bits per heavy atom. The summed E-state index contributed by atoms with van der Waals surface area (Å²) in [6.45, 7) is 4.71. The Morgan fingerprint density at radius 1 is 0.763 bits per heavy atom. The zero-order valence-corrected chi connectivity index (χ0v) is 22.3. The number of rotatable bonds is 17. The number of alkyl halides is 3. The highest BCUT2D eigenvalue weighted by molar-refractivity contribution is 5.90. The molecule has 0 fully saturated rings. The van der Waals surface area contributed by atoms with E-state index in [9.17, 15) is 26.7 Å². The highest BCUT2D eigenvalue weighted by atomic mass is 19.4. The maximum atomic E-state index is 14.8. The van der Waals surface area contributed by atoms with Crippen LogP contribution in [0.1, 0.15) is 101 Å². The monoisotopic (exact) mass is 542 g/mol. The van der Waals surface area contributed by atoms with Crippen LogP contribution in [0.5, 0.6) is 5.75 Å². The summed E-state index contributed by atoms with van der Waals surface area (Å²) < 4.78 is 80.0. The van der Waals surface area contributed by atoms with Gasteiger partial charge in [0.2, 0.25) is 0 Å². The molecule has 2 rings (SSSR count). The highest BCUT2D eigenvalue weighted by Gasteiger charge is 2.42. The van der Waals surface area contributed by atoms with Crippen LogP contribution in [0.25, 0.3) is 11.1 Å². The van der Waals surface area contributed by atoms with Crippen LogP contribution >= 0.6 is 0 Å². The third-order valence-electron chi connectivity index (χ3n) is 6.42. The SMILES string of the molecule is CCCCCCCCOc1ccc(-c2ccc(C(=O)OC(CCCCCCC)C(F)(F)F)c(F)c2F)cc1. The van der Waals surface area contributed by atoms with Crippen LogP contribution in [-0.2, 0) is 4.74 Å². The molecule has 0 aromatic heterocycles. The van der Waals surface area contributed by atoms with Gasteiger partial charge < -0.3 is 9.47 Å². The van der Waals surface area contributed by atoms with Crippen molar-refractivity contribution >= 4 is 5.97 Å². The van der Waals surface area contributed by atoms with E-state index >= 15 is 0 Å². The number of esters is 1. The quantitative estimate of drug-likeness (QED) is 0.113. The number of hydrogen-bond donors (Lipinski definition) is 0. The van der Waals surface area contributed by atoms with Crippen LogP contribution in [0.3, 0.4) is 0 Å². The lowest BCUT2D eigenvalue weighted by Gasteiger charge is -2.21. The summed E-state index contributed by atoms with van der Waals surface area (Å²) in [6, 6.07) is 8.51. The van der Waals surface area contributed by atoms with Crippen molar-refractivity contribution in [1.29, 1.82) is 0 Å². The first kappa shape index (κ1) is 31.6. The zero-order valence-electron chi connectivity index (χ0n) is 22.3. The predicted molar refractivity (Wildman–Crippen MR) is 139 cm³/mol. The number of ether oxygens (including phenoxy) is 2. The van der Waals surface area contributed by atoms with E-state index in [1.165, 1.54) is 25.7 Å². The minimum atomic E-state index is -4.80. The summed E-state index contributed by atoms with van der Waals surface area (Å²) in [5.41, 5.74) is -0.649. The molecule has 0 aliphatic rings. The fraction of sp³-hybridized carbons (Fsp3) is 0.567. The van der Waals surface area contributed by atoms with Crippen molar-refractivity contribution in [3.8, 4) is 16.9 Å². The first-order chi connectivity index (χ1) is 18.2. The molecule has 0 aliphatic heterocycles. The van der Waals surface area contributed by atoms with Crippen molar-refractivity contribution in [2.24, 2.45) is 0 Å². The van der Waals surface area contributed by atoms with E-state index in [0.29, 0.717) is 24.3 Å². The van der Waals surface area contributed by atoms with Gasteiger partial charge in [-0.25, -0.2) is 13.6 Å². The van der Waals surface area contributed by atoms with Crippen molar-refractivity contribution in [3.63, 3.8) is 0 Å². The minimum Gasteiger partial charge on any atom is -0.494 e. The van der Waals surface area contributed by atoms with E-state index in [-0.39, 0.29) is 12.0 Å². The molecule has 0 N–H and O–H groups in total. The van der Waals surface area contributed by atoms with Crippen LogP contribution < -0.4 is 4.74 Å². The summed E-state index contributed by atoms with van der Waals surface area (Å²) in [5, 5.41) is 0. The molecule has 0 saturated heterocycles. The highest BCUT2D eigenvalue weighted by Crippen LogP contribution is 2.31. The Kier molecular flexibility index (Phi) is 13.6. The minimum absolute atomic E-state index is 0.121. The van der Waals surface area contributed by atoms with E-state index in [1.54, 1.807) is 24.3 Å². The molecule has 38 heavy (non-hydrogen) atoms. The van der Waals surface area contributed by atoms with Crippen molar-refractivity contribution < 1.29 is 36.2 Å². The first-order valence-electron chi connectivity index (χ1n) is 13.7. The summed E-state index contributed by atoms with van der Waals surface area (Å²) in [7, 11) is 0. The molecule has 2 aromatic carbocycles. The molecule has 3 nitrogen and oxygen atoms in total. The van der Waals surface area contributed by atoms with Crippen molar-refractivity contribution in [2.75, 3.05) is 6.61 Å². The first-order valence-corrected chi connectivity index (χ1v) is 13.7. The van der Waals surface area contributed by atoms with Crippen molar-refractivity contribution in [3.05, 3.63) is 53.6 Å². The number of hydrogen-bond acceptors (Lipinski definition) is 3. The van der Waals surface area contributed by atoms with Crippen LogP contribution in [0.2, 0.25) is 0 Å². The molecule has 0 spiro atoms. The number of carbonyl (C=O) groups excluding carboxylic acids is 1. The lowest BCUT2D eigenvalue weighted by Crippen LogP contribution is -2.34. The number of carbonyl (C=O) groups is 1. The summed E-state index contributed by atoms with van der Waals surface area (Å²) in [4.78, 5) is 12.4. The average molecular weight is 543 g/mol. The van der Waals surface area contributed by atoms with Crippen LogP contribution in [0, 0.1) is 11.6 Å². The van der Waals surface area contributed by atoms with Gasteiger partial charge in [0.05, 0.1) is 12.2 Å². The summed E-state index contributed by atoms with van der Waals surface area (Å²) in [6.07, 6.45) is 2.63. The van der Waals surface area contributed by atoms with Crippen LogP contribution in [0.4, 0.5) is 22.0 Å². The third kappa shape index (κ3) is 10.3. The van der Waals surface area contributed by atoms with E-state index < -0.39 is 41.9 Å². The topological polar surface area (TPSA) is 35.5 Å². The zero-order chi connectivity index (χ0) is 28.0. The molecule has 0 aliphatic carbocycles. The smallest absolute Gasteiger partial charge is 0.425 e. The summed E-state index contributed by atoms with van der Waals surface area (Å²) in [5.74, 6) is -3.82. The van der Waals surface area contributed by atoms with Gasteiger partial charge in [-0.2, -0.15) is 13.2 Å². The van der Waals surface area contributed by atoms with Gasteiger partial charge in [-0.1, -0.05) is 89.8 Å². The molecule has 0 radical (unpaired) electrons. The average Bonchev–Trinajstić information content (AvgIpc) is 2.88. The lowest BCUT2D eigenvalue weighted by molar-refractivity contribution is -0.206. The van der Waals surface area contributed by atoms with E-state index in [1.807, 2.05) is 6.92 Å². The van der Waals surface area contributed by atoms with Crippen molar-refractivity contribution in [1.82, 2.24) is 0 Å². The Labute approximate surface area is 222 Å². The van der Waals surface area contributed by atoms with Gasteiger partial charge in [0.25, 0.3) is 0 Å². The largest absolute Gasteiger partial charge is 0.494 e. The second kappa shape index (κ2) is 16.4. The Balaban J connectivity index is 2.00. The van der Waals surface area contributed by atoms with Crippen molar-refractivity contribution in [2.45, 2.75) is 103 Å². The number of halogens is 5. The molecule has 2 aromatic rings. The molecule has 212 valence electrons. The van der Waals surface area contributed by atoms with Gasteiger partial charge in [-0.15, -0.1) is 0 Å². The Morgan fingerprint density at radius 2 is 1.34 bits per heavy atom. The van der Waals surface area contributed by atoms with Gasteiger partial charge >= 0.3 is 12.1 Å². The second-order valence-corrected chi connectivity index (χ2v) is 9.57. The van der Waals surface area contributed by atoms with E-state index in [4.69, 9.17) is 4.74 Å². The Bertz CT molecular complexity index is 973. The van der Waals surface area contributed by atoms with Crippen LogP contribution in [0.15, 0.2) is 36.4 Å². The molecular weight excluding hydrogens is 503 g/mol. The van der Waals surface area contributed by atoms with Gasteiger partial charge in [0, 0.05) is 5.56 Å². The predicted octanol–water partition coefficient (Wildman–Crippen LogP) is 9.82. The second-order valence-electron chi connectivity index (χ2n) is 9.57. The molecule has 0 saturated carbocycles. The van der Waals surface area contributed by atoms with E-state index in [0.717, 1.165) is 44.2 Å². The van der Waals surface area contributed by atoms with Gasteiger partial charge in [-0.3, -0.25) is 0 Å². The van der Waals surface area contributed by atoms with Gasteiger partial charge in [0.1, 0.15) is 5.75 Å². The third-order valence-corrected chi connectivity index (χ3v) is 6.42. The molecule has 0 bridgehead atoms. The molecule has 1 atom stereocenters. The lowest BCUT2D eigenvalue weighted by atomic mass is 10.0. The normalized spacial score (nSPS) is 12.4. The standard InChI is InChI=1S/C30H39F5O3/c1-3-5-7-9-11-13-21-37-23-17-15-22(16-18-23)24-19-20-25(28(32)27(24)31)29(36)38-26(30(33,34)35)14-12-10-8-6-4-2/h15-20,26H,3-14,21H2,1-2H3. The molecule has 8 heteroatoms. The summed E-state index contributed by atoms with van der Waals surface area (Å²) >= 11 is 0. The maximum absolute atomic E-state index is 14.8. The Hall–Kier alpha value is -2.64. The number of benzene rings is 2. The number of unbranched alkanes of at least 4 members (excludes halogenated alkanes) is 9. The fourth-order valence-electron chi connectivity index (χ4n) is 4.15. The molecule has 0 heterocycles. The van der Waals surface area contributed by atoms with Gasteiger partial charge in [0.15, 0.2) is 17.7 Å². The fourth-order valence-corrected chi connectivity index (χ4v) is 4.15. The van der Waals surface area contributed by atoms with Crippen LogP contribution in [-0.4, -0.2) is 24.9 Å². The van der Waals surface area contributed by atoms with Gasteiger partial charge in [-0.05, 0) is 43.0 Å². The molecular formula is C30H39F5O3. The molecule has 0 amide bonds. The maximum Gasteiger partial charge on any atom is 0.425 e.